The fraction of sp³-hybridized carbons (Fsp3) is 0.714. The van der Waals surface area contributed by atoms with Crippen molar-refractivity contribution in [3.05, 3.63) is 11.9 Å². The van der Waals surface area contributed by atoms with Crippen molar-refractivity contribution in [2.24, 2.45) is 0 Å². The van der Waals surface area contributed by atoms with Gasteiger partial charge >= 0.3 is 0 Å². The maximum atomic E-state index is 4.46. The summed E-state index contributed by atoms with van der Waals surface area (Å²) in [5.41, 5.74) is 0. The molecule has 3 N–H and O–H groups in total. The molecule has 0 aromatic carbocycles. The normalized spacial score (nSPS) is 23.1. The molecule has 1 saturated carbocycles. The minimum absolute atomic E-state index is 0.582. The lowest BCUT2D eigenvalue weighted by atomic mass is 9.93. The van der Waals surface area contributed by atoms with Crippen LogP contribution in [0.3, 0.4) is 0 Å². The quantitative estimate of drug-likeness (QED) is 0.756. The molecule has 0 bridgehead atoms. The van der Waals surface area contributed by atoms with E-state index in [9.17, 15) is 0 Å². The molecule has 2 fully saturated rings. The third-order valence-electron chi connectivity index (χ3n) is 3.99. The summed E-state index contributed by atoms with van der Waals surface area (Å²) in [4.78, 5) is 8.91. The molecular weight excluding hydrogens is 238 g/mol. The number of hydrogen-bond acceptors (Lipinski definition) is 5. The molecule has 1 aromatic rings. The van der Waals surface area contributed by atoms with Crippen molar-refractivity contribution >= 4 is 11.6 Å². The van der Waals surface area contributed by atoms with Crippen molar-refractivity contribution in [1.29, 1.82) is 0 Å². The lowest BCUT2D eigenvalue weighted by Crippen LogP contribution is -2.30. The van der Waals surface area contributed by atoms with Crippen LogP contribution in [0.15, 0.2) is 6.07 Å². The molecule has 1 aliphatic carbocycles. The van der Waals surface area contributed by atoms with Crippen LogP contribution >= 0.6 is 0 Å². The van der Waals surface area contributed by atoms with Gasteiger partial charge in [-0.3, -0.25) is 0 Å². The molecule has 1 atom stereocenters. The second-order valence-electron chi connectivity index (χ2n) is 5.63. The van der Waals surface area contributed by atoms with Gasteiger partial charge in [0.05, 0.1) is 0 Å². The fourth-order valence-electron chi connectivity index (χ4n) is 2.65. The van der Waals surface area contributed by atoms with E-state index in [1.54, 1.807) is 0 Å². The van der Waals surface area contributed by atoms with Crippen LogP contribution in [-0.4, -0.2) is 35.1 Å². The highest BCUT2D eigenvalue weighted by Gasteiger charge is 2.18. The first-order chi connectivity index (χ1) is 9.29. The summed E-state index contributed by atoms with van der Waals surface area (Å²) in [5, 5.41) is 10.4. The average Bonchev–Trinajstić information content (AvgIpc) is 2.84. The molecule has 5 heteroatoms. The second kappa shape index (κ2) is 5.74. The standard InChI is InChI=1S/C14H23N5/c1-10-17-13(16-9-12-6-3-7-15-12)8-14(18-10)19-11-4-2-5-11/h8,11-12,15H,2-7,9H2,1H3,(H2,16,17,18,19). The summed E-state index contributed by atoms with van der Waals surface area (Å²) in [6, 6.07) is 3.22. The molecular formula is C14H23N5. The highest BCUT2D eigenvalue weighted by Crippen LogP contribution is 2.23. The van der Waals surface area contributed by atoms with E-state index in [0.717, 1.165) is 30.5 Å². The van der Waals surface area contributed by atoms with Crippen molar-refractivity contribution < 1.29 is 0 Å². The Morgan fingerprint density at radius 2 is 2.05 bits per heavy atom. The van der Waals surface area contributed by atoms with Crippen LogP contribution in [0.25, 0.3) is 0 Å². The van der Waals surface area contributed by atoms with E-state index >= 15 is 0 Å². The number of rotatable bonds is 5. The number of hydrogen-bond donors (Lipinski definition) is 3. The first kappa shape index (κ1) is 12.7. The summed E-state index contributed by atoms with van der Waals surface area (Å²) in [5.74, 6) is 2.72. The SMILES string of the molecule is Cc1nc(NCC2CCCN2)cc(NC2CCC2)n1. The Balaban J connectivity index is 1.59. The number of nitrogens with one attached hydrogen (secondary N) is 3. The van der Waals surface area contributed by atoms with E-state index in [1.807, 2.05) is 13.0 Å². The van der Waals surface area contributed by atoms with E-state index in [4.69, 9.17) is 0 Å². The van der Waals surface area contributed by atoms with Gasteiger partial charge in [0.25, 0.3) is 0 Å². The van der Waals surface area contributed by atoms with E-state index in [2.05, 4.69) is 25.9 Å². The molecule has 0 radical (unpaired) electrons. The number of anilines is 2. The van der Waals surface area contributed by atoms with Gasteiger partial charge in [-0.25, -0.2) is 9.97 Å². The first-order valence-electron chi connectivity index (χ1n) is 7.39. The monoisotopic (exact) mass is 261 g/mol. The predicted molar refractivity (Wildman–Crippen MR) is 77.5 cm³/mol. The molecule has 1 unspecified atom stereocenters. The molecule has 3 rings (SSSR count). The van der Waals surface area contributed by atoms with Crippen molar-refractivity contribution in [3.8, 4) is 0 Å². The van der Waals surface area contributed by atoms with Crippen LogP contribution in [0.4, 0.5) is 11.6 Å². The summed E-state index contributed by atoms with van der Waals surface area (Å²) in [6.45, 7) is 4.04. The first-order valence-corrected chi connectivity index (χ1v) is 7.39. The van der Waals surface area contributed by atoms with E-state index in [1.165, 1.54) is 32.1 Å². The summed E-state index contributed by atoms with van der Waals surface area (Å²) < 4.78 is 0. The Morgan fingerprint density at radius 1 is 1.21 bits per heavy atom. The minimum atomic E-state index is 0.582. The predicted octanol–water partition coefficient (Wildman–Crippen LogP) is 1.91. The van der Waals surface area contributed by atoms with Crippen molar-refractivity contribution in [2.45, 2.75) is 51.1 Å². The van der Waals surface area contributed by atoms with Gasteiger partial charge in [-0.15, -0.1) is 0 Å². The third-order valence-corrected chi connectivity index (χ3v) is 3.99. The van der Waals surface area contributed by atoms with E-state index in [0.29, 0.717) is 12.1 Å². The van der Waals surface area contributed by atoms with Gasteiger partial charge in [0.2, 0.25) is 0 Å². The average molecular weight is 261 g/mol. The van der Waals surface area contributed by atoms with Gasteiger partial charge in [-0.2, -0.15) is 0 Å². The zero-order valence-corrected chi connectivity index (χ0v) is 11.6. The lowest BCUT2D eigenvalue weighted by molar-refractivity contribution is 0.444. The Hall–Kier alpha value is -1.36. The van der Waals surface area contributed by atoms with Gasteiger partial charge in [-0.05, 0) is 45.6 Å². The molecule has 0 spiro atoms. The topological polar surface area (TPSA) is 61.9 Å². The van der Waals surface area contributed by atoms with Crippen LogP contribution in [0.2, 0.25) is 0 Å². The van der Waals surface area contributed by atoms with Crippen molar-refractivity contribution in [3.63, 3.8) is 0 Å². The van der Waals surface area contributed by atoms with Gasteiger partial charge in [0, 0.05) is 24.7 Å². The molecule has 5 nitrogen and oxygen atoms in total. The maximum absolute atomic E-state index is 4.46. The van der Waals surface area contributed by atoms with Gasteiger partial charge in [0.15, 0.2) is 0 Å². The van der Waals surface area contributed by atoms with Crippen LogP contribution in [0.1, 0.15) is 37.9 Å². The second-order valence-corrected chi connectivity index (χ2v) is 5.63. The fourth-order valence-corrected chi connectivity index (χ4v) is 2.65. The highest BCUT2D eigenvalue weighted by atomic mass is 15.1. The molecule has 19 heavy (non-hydrogen) atoms. The van der Waals surface area contributed by atoms with Gasteiger partial charge < -0.3 is 16.0 Å². The number of nitrogens with zero attached hydrogens (tertiary/aromatic N) is 2. The van der Waals surface area contributed by atoms with E-state index in [-0.39, 0.29) is 0 Å². The smallest absolute Gasteiger partial charge is 0.132 e. The molecule has 1 saturated heterocycles. The van der Waals surface area contributed by atoms with Gasteiger partial charge in [0.1, 0.15) is 17.5 Å². The summed E-state index contributed by atoms with van der Waals surface area (Å²) >= 11 is 0. The lowest BCUT2D eigenvalue weighted by Gasteiger charge is -2.27. The van der Waals surface area contributed by atoms with Crippen molar-refractivity contribution in [2.75, 3.05) is 23.7 Å². The highest BCUT2D eigenvalue weighted by molar-refractivity contribution is 5.48. The van der Waals surface area contributed by atoms with E-state index < -0.39 is 0 Å². The zero-order valence-electron chi connectivity index (χ0n) is 11.6. The zero-order chi connectivity index (χ0) is 13.1. The van der Waals surface area contributed by atoms with Crippen molar-refractivity contribution in [1.82, 2.24) is 15.3 Å². The summed E-state index contributed by atoms with van der Waals surface area (Å²) in [6.07, 6.45) is 6.39. The molecule has 104 valence electrons. The Bertz CT molecular complexity index is 424. The largest absolute Gasteiger partial charge is 0.368 e. The molecule has 0 amide bonds. The van der Waals surface area contributed by atoms with Crippen LogP contribution in [0, 0.1) is 6.92 Å². The Labute approximate surface area is 114 Å². The Morgan fingerprint density at radius 3 is 2.74 bits per heavy atom. The molecule has 2 aliphatic rings. The molecule has 1 aliphatic heterocycles. The number of aryl methyl sites for hydroxylation is 1. The Kier molecular flexibility index (Phi) is 3.82. The number of aromatic nitrogens is 2. The van der Waals surface area contributed by atoms with Crippen LogP contribution < -0.4 is 16.0 Å². The minimum Gasteiger partial charge on any atom is -0.368 e. The van der Waals surface area contributed by atoms with Crippen LogP contribution in [-0.2, 0) is 0 Å². The maximum Gasteiger partial charge on any atom is 0.132 e. The summed E-state index contributed by atoms with van der Waals surface area (Å²) in [7, 11) is 0. The van der Waals surface area contributed by atoms with Gasteiger partial charge in [-0.1, -0.05) is 0 Å². The van der Waals surface area contributed by atoms with Crippen LogP contribution in [0.5, 0.6) is 0 Å². The molecule has 1 aromatic heterocycles. The third kappa shape index (κ3) is 3.35. The molecule has 2 heterocycles.